The van der Waals surface area contributed by atoms with E-state index in [0.29, 0.717) is 15.6 Å². The van der Waals surface area contributed by atoms with E-state index in [-0.39, 0.29) is 29.4 Å². The fourth-order valence-corrected chi connectivity index (χ4v) is 4.32. The first-order chi connectivity index (χ1) is 14.6. The highest BCUT2D eigenvalue weighted by atomic mass is 79.9. The summed E-state index contributed by atoms with van der Waals surface area (Å²) in [5.74, 6) is -4.16. The lowest BCUT2D eigenvalue weighted by molar-refractivity contribution is -0.0648. The average Bonchev–Trinajstić information content (AvgIpc) is 2.90. The van der Waals surface area contributed by atoms with Crippen LogP contribution in [0, 0.1) is 5.82 Å². The summed E-state index contributed by atoms with van der Waals surface area (Å²) in [5, 5.41) is 5.57. The number of nitrogens with zero attached hydrogens (tertiary/aromatic N) is 1. The van der Waals surface area contributed by atoms with Gasteiger partial charge in [-0.3, -0.25) is 4.79 Å². The Kier molecular flexibility index (Phi) is 5.89. The molecule has 0 radical (unpaired) electrons. The summed E-state index contributed by atoms with van der Waals surface area (Å²) in [5.41, 5.74) is 1.14. The van der Waals surface area contributed by atoms with Crippen molar-refractivity contribution in [2.24, 2.45) is 0 Å². The summed E-state index contributed by atoms with van der Waals surface area (Å²) in [4.78, 5) is 26.3. The molecule has 1 fully saturated rings. The molecule has 2 N–H and O–H groups in total. The van der Waals surface area contributed by atoms with E-state index in [9.17, 15) is 22.8 Å². The Morgan fingerprint density at radius 2 is 2.10 bits per heavy atom. The zero-order valence-corrected chi connectivity index (χ0v) is 18.2. The second-order valence-corrected chi connectivity index (χ2v) is 8.57. The van der Waals surface area contributed by atoms with Crippen molar-refractivity contribution in [1.29, 1.82) is 0 Å². The van der Waals surface area contributed by atoms with Crippen LogP contribution in [0.15, 0.2) is 34.8 Å². The van der Waals surface area contributed by atoms with Crippen LogP contribution in [0.5, 0.6) is 0 Å². The van der Waals surface area contributed by atoms with Crippen LogP contribution < -0.4 is 10.6 Å². The third kappa shape index (κ3) is 4.51. The van der Waals surface area contributed by atoms with Gasteiger partial charge in [-0.1, -0.05) is 27.5 Å². The fraction of sp³-hybridized carbons (Fsp3) is 0.300. The summed E-state index contributed by atoms with van der Waals surface area (Å²) < 4.78 is 46.9. The van der Waals surface area contributed by atoms with Gasteiger partial charge in [0.25, 0.3) is 11.8 Å². The zero-order valence-electron chi connectivity index (χ0n) is 15.9. The summed E-state index contributed by atoms with van der Waals surface area (Å²) in [6, 6.07) is 5.26. The largest absolute Gasteiger partial charge is 0.373 e. The Balaban J connectivity index is 1.71. The number of benzene rings is 2. The molecule has 2 aliphatic rings. The molecule has 2 aliphatic heterocycles. The Bertz CT molecular complexity index is 1070. The van der Waals surface area contributed by atoms with E-state index in [1.807, 2.05) is 0 Å². The molecule has 3 amide bonds. The monoisotopic (exact) mass is 517 g/mol. The number of ether oxygens (including phenoxy) is 1. The zero-order chi connectivity index (χ0) is 22.3. The van der Waals surface area contributed by atoms with Gasteiger partial charge in [-0.2, -0.15) is 0 Å². The molecule has 2 aromatic rings. The molecule has 0 spiro atoms. The van der Waals surface area contributed by atoms with Gasteiger partial charge in [0, 0.05) is 38.4 Å². The smallest absolute Gasteiger partial charge is 0.322 e. The normalized spacial score (nSPS) is 20.1. The van der Waals surface area contributed by atoms with Crippen molar-refractivity contribution in [1.82, 2.24) is 10.2 Å². The van der Waals surface area contributed by atoms with Crippen LogP contribution >= 0.6 is 27.5 Å². The van der Waals surface area contributed by atoms with Gasteiger partial charge >= 0.3 is 6.03 Å². The minimum Gasteiger partial charge on any atom is -0.373 e. The minimum atomic E-state index is -3.18. The van der Waals surface area contributed by atoms with Gasteiger partial charge in [0.15, 0.2) is 0 Å². The van der Waals surface area contributed by atoms with Crippen LogP contribution in [-0.4, -0.2) is 49.1 Å². The van der Waals surface area contributed by atoms with E-state index in [1.54, 1.807) is 12.1 Å². The lowest BCUT2D eigenvalue weighted by Gasteiger charge is -2.25. The Morgan fingerprint density at radius 3 is 2.87 bits per heavy atom. The highest BCUT2D eigenvalue weighted by Crippen LogP contribution is 2.41. The molecule has 1 saturated heterocycles. The molecule has 31 heavy (non-hydrogen) atoms. The van der Waals surface area contributed by atoms with Gasteiger partial charge < -0.3 is 20.3 Å². The predicted octanol–water partition coefficient (Wildman–Crippen LogP) is 4.57. The maximum absolute atomic E-state index is 13.9. The van der Waals surface area contributed by atoms with E-state index in [0.717, 1.165) is 4.90 Å². The van der Waals surface area contributed by atoms with Crippen molar-refractivity contribution < 1.29 is 27.5 Å². The third-order valence-corrected chi connectivity index (χ3v) is 5.79. The molecule has 6 nitrogen and oxygen atoms in total. The Labute approximate surface area is 188 Å². The first-order valence-corrected chi connectivity index (χ1v) is 10.4. The number of hydrogen-bond acceptors (Lipinski definition) is 3. The predicted molar refractivity (Wildman–Crippen MR) is 111 cm³/mol. The maximum Gasteiger partial charge on any atom is 0.322 e. The number of amides is 3. The van der Waals surface area contributed by atoms with E-state index in [1.165, 1.54) is 18.2 Å². The van der Waals surface area contributed by atoms with Crippen LogP contribution in [0.25, 0.3) is 0 Å². The highest BCUT2D eigenvalue weighted by molar-refractivity contribution is 9.10. The second kappa shape index (κ2) is 8.33. The number of hydrogen-bond donors (Lipinski definition) is 2. The van der Waals surface area contributed by atoms with Gasteiger partial charge in [0.2, 0.25) is 0 Å². The molecular weight excluding hydrogens is 503 g/mol. The quantitative estimate of drug-likeness (QED) is 0.612. The van der Waals surface area contributed by atoms with Gasteiger partial charge in [0.1, 0.15) is 12.4 Å². The van der Waals surface area contributed by atoms with E-state index >= 15 is 0 Å². The van der Waals surface area contributed by atoms with Crippen molar-refractivity contribution in [2.45, 2.75) is 12.0 Å². The molecule has 164 valence electrons. The van der Waals surface area contributed by atoms with Gasteiger partial charge in [-0.15, -0.1) is 0 Å². The van der Waals surface area contributed by atoms with Crippen molar-refractivity contribution >= 4 is 45.2 Å². The van der Waals surface area contributed by atoms with E-state index < -0.39 is 42.9 Å². The summed E-state index contributed by atoms with van der Waals surface area (Å²) in [6.45, 7) is -1.61. The molecule has 1 unspecified atom stereocenters. The van der Waals surface area contributed by atoms with E-state index in [4.69, 9.17) is 16.3 Å². The number of anilines is 1. The lowest BCUT2D eigenvalue weighted by atomic mass is 9.96. The minimum absolute atomic E-state index is 0.0199. The molecular formula is C20H16BrClF3N3O3. The number of carbonyl (C=O) groups is 2. The van der Waals surface area contributed by atoms with Crippen molar-refractivity contribution in [3.63, 3.8) is 0 Å². The molecule has 2 heterocycles. The van der Waals surface area contributed by atoms with Crippen LogP contribution in [0.1, 0.15) is 27.5 Å². The second-order valence-electron chi connectivity index (χ2n) is 7.25. The third-order valence-electron chi connectivity index (χ3n) is 4.99. The molecule has 0 saturated carbocycles. The standard InChI is InChI=1S/C20H16BrClF3N3O3/c21-10-5-13-16(17(27-18(13)29)12-7-11(23)1-2-14(12)22)15(6-10)26-19(30)28-3-4-31-9-20(24,25)8-28/h1-2,5-7,17H,3-4,8-9H2,(H,26,30)(H,27,29). The van der Waals surface area contributed by atoms with Gasteiger partial charge in [-0.25, -0.2) is 18.0 Å². The number of alkyl halides is 2. The van der Waals surface area contributed by atoms with Gasteiger partial charge in [0.05, 0.1) is 19.2 Å². The Hall–Kier alpha value is -2.30. The number of carbonyl (C=O) groups excluding carboxylic acids is 2. The molecule has 1 atom stereocenters. The van der Waals surface area contributed by atoms with Gasteiger partial charge in [-0.05, 0) is 30.3 Å². The number of fused-ring (bicyclic) bond motifs is 1. The van der Waals surface area contributed by atoms with E-state index in [2.05, 4.69) is 26.6 Å². The van der Waals surface area contributed by atoms with Crippen LogP contribution in [-0.2, 0) is 4.74 Å². The maximum atomic E-state index is 13.9. The molecule has 4 rings (SSSR count). The van der Waals surface area contributed by atoms with Crippen LogP contribution in [0.4, 0.5) is 23.7 Å². The highest BCUT2D eigenvalue weighted by Gasteiger charge is 2.38. The number of halogens is 5. The van der Waals surface area contributed by atoms with Crippen molar-refractivity contribution in [3.05, 3.63) is 62.3 Å². The van der Waals surface area contributed by atoms with Crippen molar-refractivity contribution in [2.75, 3.05) is 31.6 Å². The molecule has 0 aliphatic carbocycles. The number of nitrogens with one attached hydrogen (secondary N) is 2. The number of urea groups is 1. The first kappa shape index (κ1) is 21.9. The molecule has 11 heteroatoms. The molecule has 2 aromatic carbocycles. The SMILES string of the molecule is O=C1NC(c2cc(F)ccc2Cl)c2c(NC(=O)N3CCOCC(F)(F)C3)cc(Br)cc21. The lowest BCUT2D eigenvalue weighted by Crippen LogP contribution is -2.43. The summed E-state index contributed by atoms with van der Waals surface area (Å²) >= 11 is 9.52. The fourth-order valence-electron chi connectivity index (χ4n) is 3.64. The summed E-state index contributed by atoms with van der Waals surface area (Å²) in [6.07, 6.45) is 0. The van der Waals surface area contributed by atoms with Crippen LogP contribution in [0.3, 0.4) is 0 Å². The van der Waals surface area contributed by atoms with Crippen molar-refractivity contribution in [3.8, 4) is 0 Å². The average molecular weight is 519 g/mol. The molecule has 0 aromatic heterocycles. The number of rotatable bonds is 2. The topological polar surface area (TPSA) is 70.7 Å². The molecule has 0 bridgehead atoms. The summed E-state index contributed by atoms with van der Waals surface area (Å²) in [7, 11) is 0. The Morgan fingerprint density at radius 1 is 1.32 bits per heavy atom. The van der Waals surface area contributed by atoms with Crippen LogP contribution in [0.2, 0.25) is 5.02 Å². The first-order valence-electron chi connectivity index (χ1n) is 9.25.